The molecule has 1 aromatic rings. The number of hydrogen-bond donors (Lipinski definition) is 1. The highest BCUT2D eigenvalue weighted by molar-refractivity contribution is 5.71. The van der Waals surface area contributed by atoms with Crippen LogP contribution in [-0.2, 0) is 0 Å². The Balaban J connectivity index is 2.00. The highest BCUT2D eigenvalue weighted by Gasteiger charge is 2.29. The fourth-order valence-corrected chi connectivity index (χ4v) is 1.82. The third-order valence-corrected chi connectivity index (χ3v) is 2.57. The average molecular weight is 220 g/mol. The smallest absolute Gasteiger partial charge is 0.410 e. The first-order valence-electron chi connectivity index (χ1n) is 5.35. The van der Waals surface area contributed by atoms with E-state index in [-0.39, 0.29) is 12.1 Å². The number of amides is 1. The standard InChI is InChI=1S/C12H16N2O2/c1-8-3-9(2)5-11(4-8)16-12(15)14-6-10(13)7-14/h3-5,10H,6-7,13H2,1-2H3. The summed E-state index contributed by atoms with van der Waals surface area (Å²) in [4.78, 5) is 13.2. The van der Waals surface area contributed by atoms with Crippen molar-refractivity contribution in [3.63, 3.8) is 0 Å². The van der Waals surface area contributed by atoms with Crippen molar-refractivity contribution in [1.29, 1.82) is 0 Å². The van der Waals surface area contributed by atoms with Gasteiger partial charge in [-0.05, 0) is 37.1 Å². The van der Waals surface area contributed by atoms with Crippen LogP contribution in [0.25, 0.3) is 0 Å². The molecule has 0 aliphatic carbocycles. The molecular weight excluding hydrogens is 204 g/mol. The van der Waals surface area contributed by atoms with Gasteiger partial charge in [0.05, 0.1) is 0 Å². The quantitative estimate of drug-likeness (QED) is 0.779. The Hall–Kier alpha value is -1.55. The van der Waals surface area contributed by atoms with Crippen molar-refractivity contribution in [3.05, 3.63) is 29.3 Å². The van der Waals surface area contributed by atoms with Crippen molar-refractivity contribution in [1.82, 2.24) is 4.90 Å². The van der Waals surface area contributed by atoms with E-state index in [2.05, 4.69) is 0 Å². The van der Waals surface area contributed by atoms with Gasteiger partial charge in [-0.2, -0.15) is 0 Å². The molecule has 0 radical (unpaired) electrons. The lowest BCUT2D eigenvalue weighted by atomic mass is 10.1. The van der Waals surface area contributed by atoms with Crippen LogP contribution in [0.15, 0.2) is 18.2 Å². The van der Waals surface area contributed by atoms with Gasteiger partial charge in [-0.1, -0.05) is 6.07 Å². The molecule has 1 aromatic carbocycles. The summed E-state index contributed by atoms with van der Waals surface area (Å²) in [6, 6.07) is 5.85. The summed E-state index contributed by atoms with van der Waals surface area (Å²) >= 11 is 0. The number of nitrogens with two attached hydrogens (primary N) is 1. The van der Waals surface area contributed by atoms with Crippen LogP contribution in [0.4, 0.5) is 4.79 Å². The number of carbonyl (C=O) groups is 1. The number of hydrogen-bond acceptors (Lipinski definition) is 3. The number of carbonyl (C=O) groups excluding carboxylic acids is 1. The number of benzene rings is 1. The monoisotopic (exact) mass is 220 g/mol. The predicted molar refractivity (Wildman–Crippen MR) is 61.5 cm³/mol. The van der Waals surface area contributed by atoms with E-state index in [0.717, 1.165) is 11.1 Å². The molecule has 1 aliphatic heterocycles. The number of rotatable bonds is 1. The molecule has 1 heterocycles. The van der Waals surface area contributed by atoms with Gasteiger partial charge < -0.3 is 15.4 Å². The van der Waals surface area contributed by atoms with Crippen LogP contribution in [0.5, 0.6) is 5.75 Å². The molecule has 2 rings (SSSR count). The lowest BCUT2D eigenvalue weighted by molar-refractivity contribution is 0.113. The van der Waals surface area contributed by atoms with E-state index in [0.29, 0.717) is 18.8 Å². The van der Waals surface area contributed by atoms with E-state index in [4.69, 9.17) is 10.5 Å². The zero-order valence-corrected chi connectivity index (χ0v) is 9.56. The largest absolute Gasteiger partial charge is 0.415 e. The minimum absolute atomic E-state index is 0.104. The Morgan fingerprint density at radius 3 is 2.38 bits per heavy atom. The van der Waals surface area contributed by atoms with Crippen molar-refractivity contribution in [2.75, 3.05) is 13.1 Å². The molecule has 0 bridgehead atoms. The van der Waals surface area contributed by atoms with Crippen molar-refractivity contribution in [2.45, 2.75) is 19.9 Å². The van der Waals surface area contributed by atoms with Crippen LogP contribution in [0.3, 0.4) is 0 Å². The Bertz CT molecular complexity index is 391. The van der Waals surface area contributed by atoms with Crippen molar-refractivity contribution in [3.8, 4) is 5.75 Å². The van der Waals surface area contributed by atoms with E-state index in [1.54, 1.807) is 4.90 Å². The molecule has 4 nitrogen and oxygen atoms in total. The van der Waals surface area contributed by atoms with Crippen LogP contribution >= 0.6 is 0 Å². The summed E-state index contributed by atoms with van der Waals surface area (Å²) in [5.41, 5.74) is 7.77. The third kappa shape index (κ3) is 2.33. The van der Waals surface area contributed by atoms with Gasteiger partial charge in [0, 0.05) is 19.1 Å². The number of nitrogens with zero attached hydrogens (tertiary/aromatic N) is 1. The number of ether oxygens (including phenoxy) is 1. The molecule has 0 spiro atoms. The molecule has 0 unspecified atom stereocenters. The van der Waals surface area contributed by atoms with Gasteiger partial charge >= 0.3 is 6.09 Å². The van der Waals surface area contributed by atoms with Crippen LogP contribution in [0, 0.1) is 13.8 Å². The van der Waals surface area contributed by atoms with Gasteiger partial charge in [-0.15, -0.1) is 0 Å². The fraction of sp³-hybridized carbons (Fsp3) is 0.417. The minimum Gasteiger partial charge on any atom is -0.410 e. The van der Waals surface area contributed by atoms with Gasteiger partial charge in [0.15, 0.2) is 0 Å². The zero-order chi connectivity index (χ0) is 11.7. The highest BCUT2D eigenvalue weighted by atomic mass is 16.6. The topological polar surface area (TPSA) is 55.6 Å². The zero-order valence-electron chi connectivity index (χ0n) is 9.56. The number of likely N-dealkylation sites (tertiary alicyclic amines) is 1. The van der Waals surface area contributed by atoms with E-state index < -0.39 is 0 Å². The van der Waals surface area contributed by atoms with Crippen LogP contribution in [0.1, 0.15) is 11.1 Å². The summed E-state index contributed by atoms with van der Waals surface area (Å²) in [5.74, 6) is 0.600. The molecular formula is C12H16N2O2. The third-order valence-electron chi connectivity index (χ3n) is 2.57. The molecule has 0 aromatic heterocycles. The summed E-state index contributed by atoms with van der Waals surface area (Å²) in [7, 11) is 0. The molecule has 1 fully saturated rings. The lowest BCUT2D eigenvalue weighted by Gasteiger charge is -2.35. The molecule has 0 atom stereocenters. The lowest BCUT2D eigenvalue weighted by Crippen LogP contribution is -2.58. The van der Waals surface area contributed by atoms with E-state index in [1.807, 2.05) is 32.0 Å². The molecule has 1 aliphatic rings. The maximum Gasteiger partial charge on any atom is 0.415 e. The first-order valence-corrected chi connectivity index (χ1v) is 5.35. The molecule has 1 amide bonds. The maximum absolute atomic E-state index is 11.6. The molecule has 4 heteroatoms. The van der Waals surface area contributed by atoms with Gasteiger partial charge in [-0.3, -0.25) is 0 Å². The average Bonchev–Trinajstić information content (AvgIpc) is 2.10. The molecule has 0 saturated carbocycles. The van der Waals surface area contributed by atoms with Crippen LogP contribution < -0.4 is 10.5 Å². The summed E-state index contributed by atoms with van der Waals surface area (Å²) < 4.78 is 5.26. The molecule has 86 valence electrons. The Morgan fingerprint density at radius 1 is 1.31 bits per heavy atom. The van der Waals surface area contributed by atoms with Gasteiger partial charge in [0.25, 0.3) is 0 Å². The van der Waals surface area contributed by atoms with E-state index in [9.17, 15) is 4.79 Å². The maximum atomic E-state index is 11.6. The molecule has 16 heavy (non-hydrogen) atoms. The number of aryl methyl sites for hydroxylation is 2. The second-order valence-electron chi connectivity index (χ2n) is 4.36. The second kappa shape index (κ2) is 4.14. The molecule has 2 N–H and O–H groups in total. The Labute approximate surface area is 95.0 Å². The first kappa shape index (κ1) is 11.0. The predicted octanol–water partition coefficient (Wildman–Crippen LogP) is 1.45. The summed E-state index contributed by atoms with van der Waals surface area (Å²) in [5, 5.41) is 0. The van der Waals surface area contributed by atoms with E-state index >= 15 is 0 Å². The van der Waals surface area contributed by atoms with Gasteiger partial charge in [0.1, 0.15) is 5.75 Å². The van der Waals surface area contributed by atoms with Crippen LogP contribution in [-0.4, -0.2) is 30.1 Å². The fourth-order valence-electron chi connectivity index (χ4n) is 1.82. The minimum atomic E-state index is -0.313. The first-order chi connectivity index (χ1) is 7.54. The highest BCUT2D eigenvalue weighted by Crippen LogP contribution is 2.18. The van der Waals surface area contributed by atoms with Gasteiger partial charge in [-0.25, -0.2) is 4.79 Å². The van der Waals surface area contributed by atoms with Crippen molar-refractivity contribution < 1.29 is 9.53 Å². The normalized spacial score (nSPS) is 15.8. The van der Waals surface area contributed by atoms with Crippen molar-refractivity contribution in [2.24, 2.45) is 5.73 Å². The van der Waals surface area contributed by atoms with Crippen molar-refractivity contribution >= 4 is 6.09 Å². The second-order valence-corrected chi connectivity index (χ2v) is 4.36. The van der Waals surface area contributed by atoms with Gasteiger partial charge in [0.2, 0.25) is 0 Å². The SMILES string of the molecule is Cc1cc(C)cc(OC(=O)N2CC(N)C2)c1. The molecule has 1 saturated heterocycles. The van der Waals surface area contributed by atoms with Crippen LogP contribution in [0.2, 0.25) is 0 Å². The Kier molecular flexibility index (Phi) is 2.83. The Morgan fingerprint density at radius 2 is 1.88 bits per heavy atom. The summed E-state index contributed by atoms with van der Waals surface area (Å²) in [6.07, 6.45) is -0.313. The summed E-state index contributed by atoms with van der Waals surface area (Å²) in [6.45, 7) is 5.13. The van der Waals surface area contributed by atoms with E-state index in [1.165, 1.54) is 0 Å².